The number of rotatable bonds is 5. The lowest BCUT2D eigenvalue weighted by Crippen LogP contribution is -2.07. The van der Waals surface area contributed by atoms with Crippen LogP contribution in [0.1, 0.15) is 15.9 Å². The van der Waals surface area contributed by atoms with E-state index < -0.39 is 15.8 Å². The van der Waals surface area contributed by atoms with Crippen LogP contribution in [0.2, 0.25) is 5.02 Å². The topological polar surface area (TPSA) is 110 Å². The van der Waals surface area contributed by atoms with E-state index in [-0.39, 0.29) is 27.6 Å². The highest BCUT2D eigenvalue weighted by Crippen LogP contribution is 2.28. The maximum Gasteiger partial charge on any atom is 0.337 e. The Bertz CT molecular complexity index is 681. The number of sulfone groups is 1. The fourth-order valence-electron chi connectivity index (χ4n) is 1.52. The molecule has 8 heteroatoms. The third-order valence-electron chi connectivity index (χ3n) is 2.38. The van der Waals surface area contributed by atoms with E-state index in [1.807, 2.05) is 0 Å². The number of carbonyl (C=O) groups is 1. The van der Waals surface area contributed by atoms with Gasteiger partial charge in [-0.15, -0.1) is 0 Å². The van der Waals surface area contributed by atoms with Gasteiger partial charge in [-0.1, -0.05) is 11.6 Å². The van der Waals surface area contributed by atoms with E-state index in [1.165, 1.54) is 24.6 Å². The fraction of sp³-hybridized carbons (Fsp3) is 0.167. The number of halogens is 1. The van der Waals surface area contributed by atoms with Gasteiger partial charge in [0, 0.05) is 18.0 Å². The molecule has 3 N–H and O–H groups in total. The van der Waals surface area contributed by atoms with E-state index in [1.54, 1.807) is 0 Å². The van der Waals surface area contributed by atoms with Crippen molar-refractivity contribution in [1.29, 1.82) is 0 Å². The number of carboxylic acids is 1. The molecule has 108 valence electrons. The number of nitrogens with zero attached hydrogens (tertiary/aromatic N) is 1. The molecule has 0 amide bonds. The summed E-state index contributed by atoms with van der Waals surface area (Å²) in [5, 5.41) is 8.86. The SMILES string of the molecule is CS(=O)(=O)c1ccc(C(=O)O)c(Cl)c1CN=CC=CN. The third-order valence-corrected chi connectivity index (χ3v) is 4.00. The molecular formula is C12H13ClN2O4S. The van der Waals surface area contributed by atoms with Crippen LogP contribution in [0, 0.1) is 0 Å². The lowest BCUT2D eigenvalue weighted by molar-refractivity contribution is 0.0697. The normalized spacial score (nSPS) is 12.3. The first-order valence-electron chi connectivity index (χ1n) is 5.40. The molecule has 0 aliphatic heterocycles. The van der Waals surface area contributed by atoms with Crippen LogP contribution in [0.5, 0.6) is 0 Å². The first-order chi connectivity index (χ1) is 9.29. The molecule has 1 rings (SSSR count). The molecule has 0 spiro atoms. The van der Waals surface area contributed by atoms with E-state index in [2.05, 4.69) is 4.99 Å². The van der Waals surface area contributed by atoms with Crippen LogP contribution < -0.4 is 5.73 Å². The molecule has 0 aromatic heterocycles. The number of benzene rings is 1. The second-order valence-corrected chi connectivity index (χ2v) is 6.22. The summed E-state index contributed by atoms with van der Waals surface area (Å²) in [6, 6.07) is 2.38. The number of hydrogen-bond donors (Lipinski definition) is 2. The van der Waals surface area contributed by atoms with E-state index in [9.17, 15) is 13.2 Å². The molecule has 0 saturated heterocycles. The first kappa shape index (κ1) is 16.2. The highest BCUT2D eigenvalue weighted by molar-refractivity contribution is 7.90. The average molecular weight is 317 g/mol. The molecule has 1 aromatic rings. The smallest absolute Gasteiger partial charge is 0.337 e. The van der Waals surface area contributed by atoms with Gasteiger partial charge in [0.1, 0.15) is 0 Å². The van der Waals surface area contributed by atoms with Crippen LogP contribution >= 0.6 is 11.6 Å². The minimum Gasteiger partial charge on any atom is -0.478 e. The number of hydrogen-bond acceptors (Lipinski definition) is 5. The molecule has 0 fully saturated rings. The summed E-state index contributed by atoms with van der Waals surface area (Å²) in [5.74, 6) is -1.23. The van der Waals surface area contributed by atoms with Crippen LogP contribution in [-0.4, -0.2) is 32.0 Å². The molecule has 0 radical (unpaired) electrons. The average Bonchev–Trinajstić information content (AvgIpc) is 2.34. The van der Waals surface area contributed by atoms with Gasteiger partial charge in [0.2, 0.25) is 0 Å². The molecule has 20 heavy (non-hydrogen) atoms. The number of aromatic carboxylic acids is 1. The molecule has 1 aromatic carbocycles. The highest BCUT2D eigenvalue weighted by Gasteiger charge is 2.20. The third kappa shape index (κ3) is 3.82. The van der Waals surface area contributed by atoms with Crippen LogP contribution in [0.25, 0.3) is 0 Å². The summed E-state index contributed by atoms with van der Waals surface area (Å²) < 4.78 is 23.4. The Morgan fingerprint density at radius 1 is 1.50 bits per heavy atom. The van der Waals surface area contributed by atoms with Crippen molar-refractivity contribution in [2.24, 2.45) is 10.7 Å². The molecule has 0 aliphatic carbocycles. The summed E-state index contributed by atoms with van der Waals surface area (Å²) in [6.07, 6.45) is 5.10. The minimum absolute atomic E-state index is 0.0404. The van der Waals surface area contributed by atoms with Gasteiger partial charge in [0.05, 0.1) is 22.0 Å². The predicted molar refractivity (Wildman–Crippen MR) is 77.0 cm³/mol. The Morgan fingerprint density at radius 2 is 2.15 bits per heavy atom. The standard InChI is InChI=1S/C12H13ClN2O4S/c1-20(18,19)10-4-3-8(12(16)17)11(13)9(10)7-15-6-2-5-14/h2-6H,7,14H2,1H3,(H,16,17). The van der Waals surface area contributed by atoms with Gasteiger partial charge in [-0.3, -0.25) is 4.99 Å². The Morgan fingerprint density at radius 3 is 2.65 bits per heavy atom. The number of allylic oxidation sites excluding steroid dienone is 1. The van der Waals surface area contributed by atoms with E-state index in [0.717, 1.165) is 12.3 Å². The Kier molecular flexibility index (Phi) is 5.29. The second-order valence-electron chi connectivity index (χ2n) is 3.86. The number of nitrogens with two attached hydrogens (primary N) is 1. The van der Waals surface area contributed by atoms with Crippen LogP contribution in [-0.2, 0) is 16.4 Å². The molecule has 6 nitrogen and oxygen atoms in total. The molecule has 0 heterocycles. The van der Waals surface area contributed by atoms with E-state index >= 15 is 0 Å². The summed E-state index contributed by atoms with van der Waals surface area (Å²) in [4.78, 5) is 14.9. The maximum atomic E-state index is 11.7. The summed E-state index contributed by atoms with van der Waals surface area (Å²) in [5.41, 5.74) is 5.11. The Labute approximate surface area is 121 Å². The van der Waals surface area contributed by atoms with Gasteiger partial charge < -0.3 is 10.8 Å². The Balaban J connectivity index is 3.41. The fourth-order valence-corrected chi connectivity index (χ4v) is 2.81. The van der Waals surface area contributed by atoms with Gasteiger partial charge >= 0.3 is 5.97 Å². The molecule has 0 aliphatic rings. The van der Waals surface area contributed by atoms with Crippen molar-refractivity contribution in [2.75, 3.05) is 6.26 Å². The van der Waals surface area contributed by atoms with E-state index in [0.29, 0.717) is 0 Å². The van der Waals surface area contributed by atoms with Crippen LogP contribution in [0.3, 0.4) is 0 Å². The maximum absolute atomic E-state index is 11.7. The zero-order valence-electron chi connectivity index (χ0n) is 10.6. The summed E-state index contributed by atoms with van der Waals surface area (Å²) in [6.45, 7) is -0.0628. The zero-order valence-corrected chi connectivity index (χ0v) is 12.1. The van der Waals surface area contributed by atoms with Crippen molar-refractivity contribution < 1.29 is 18.3 Å². The highest BCUT2D eigenvalue weighted by atomic mass is 35.5. The number of aliphatic imine (C=N–C) groups is 1. The van der Waals surface area contributed by atoms with Gasteiger partial charge in [-0.05, 0) is 24.4 Å². The van der Waals surface area contributed by atoms with Crippen molar-refractivity contribution in [2.45, 2.75) is 11.4 Å². The molecule has 0 atom stereocenters. The summed E-state index contributed by atoms with van der Waals surface area (Å²) in [7, 11) is -3.54. The zero-order chi connectivity index (χ0) is 15.3. The molecule has 0 saturated carbocycles. The number of carboxylic acid groups (broad SMARTS) is 1. The van der Waals surface area contributed by atoms with Crippen molar-refractivity contribution >= 4 is 33.6 Å². The Hall–Kier alpha value is -1.86. The van der Waals surface area contributed by atoms with E-state index in [4.69, 9.17) is 22.4 Å². The van der Waals surface area contributed by atoms with Crippen molar-refractivity contribution in [3.8, 4) is 0 Å². The van der Waals surface area contributed by atoms with Gasteiger partial charge in [-0.25, -0.2) is 13.2 Å². The quantitative estimate of drug-likeness (QED) is 0.800. The largest absolute Gasteiger partial charge is 0.478 e. The van der Waals surface area contributed by atoms with Crippen molar-refractivity contribution in [1.82, 2.24) is 0 Å². The minimum atomic E-state index is -3.54. The van der Waals surface area contributed by atoms with Crippen LogP contribution in [0.4, 0.5) is 0 Å². The lowest BCUT2D eigenvalue weighted by Gasteiger charge is -2.10. The molecule has 0 bridgehead atoms. The van der Waals surface area contributed by atoms with Gasteiger partial charge in [0.25, 0.3) is 0 Å². The molecule has 0 unspecified atom stereocenters. The monoisotopic (exact) mass is 316 g/mol. The molecular weight excluding hydrogens is 304 g/mol. The predicted octanol–water partition coefficient (Wildman–Crippen LogP) is 1.48. The summed E-state index contributed by atoms with van der Waals surface area (Å²) >= 11 is 5.97. The van der Waals surface area contributed by atoms with Crippen molar-refractivity contribution in [3.63, 3.8) is 0 Å². The first-order valence-corrected chi connectivity index (χ1v) is 7.67. The lowest BCUT2D eigenvalue weighted by atomic mass is 10.1. The van der Waals surface area contributed by atoms with Gasteiger partial charge in [-0.2, -0.15) is 0 Å². The van der Waals surface area contributed by atoms with Crippen LogP contribution in [0.15, 0.2) is 34.3 Å². The second kappa shape index (κ2) is 6.53. The van der Waals surface area contributed by atoms with Crippen molar-refractivity contribution in [3.05, 3.63) is 40.6 Å². The van der Waals surface area contributed by atoms with Gasteiger partial charge in [0.15, 0.2) is 9.84 Å².